The van der Waals surface area contributed by atoms with Crippen molar-refractivity contribution in [1.82, 2.24) is 4.98 Å². The summed E-state index contributed by atoms with van der Waals surface area (Å²) in [7, 11) is 0. The van der Waals surface area contributed by atoms with Gasteiger partial charge in [0.15, 0.2) is 0 Å². The van der Waals surface area contributed by atoms with E-state index < -0.39 is 5.97 Å². The second-order valence-electron chi connectivity index (χ2n) is 9.94. The third kappa shape index (κ3) is 7.13. The molecule has 1 saturated carbocycles. The number of amides is 1. The van der Waals surface area contributed by atoms with Crippen LogP contribution in [0, 0.1) is 0 Å². The molecule has 0 bridgehead atoms. The SMILES string of the molecule is O=C(Cc1ccc(Oc2ccc3cc(OC4CCCCCCC4)ccc3c2)nc1)Nc1ccccc1C(=O)O. The number of hydrogen-bond donors (Lipinski definition) is 2. The van der Waals surface area contributed by atoms with E-state index in [4.69, 9.17) is 9.47 Å². The molecule has 7 heteroatoms. The Kier molecular flexibility index (Phi) is 8.36. The van der Waals surface area contributed by atoms with E-state index in [-0.39, 0.29) is 23.6 Å². The number of pyridine rings is 1. The molecule has 2 N–H and O–H groups in total. The number of carbonyl (C=O) groups excluding carboxylic acids is 1. The van der Waals surface area contributed by atoms with E-state index in [1.54, 1.807) is 36.5 Å². The minimum absolute atomic E-state index is 0.0434. The molecular formula is C32H32N2O5. The third-order valence-electron chi connectivity index (χ3n) is 6.95. The maximum atomic E-state index is 12.4. The largest absolute Gasteiger partial charge is 0.490 e. The normalized spacial score (nSPS) is 14.3. The Balaban J connectivity index is 1.18. The van der Waals surface area contributed by atoms with Gasteiger partial charge in [-0.3, -0.25) is 4.79 Å². The number of aromatic carboxylic acids is 1. The monoisotopic (exact) mass is 524 g/mol. The number of fused-ring (bicyclic) bond motifs is 1. The van der Waals surface area contributed by atoms with Crippen LogP contribution in [0.5, 0.6) is 17.4 Å². The van der Waals surface area contributed by atoms with Crippen LogP contribution in [0.15, 0.2) is 79.0 Å². The number of aromatic nitrogens is 1. The number of hydrogen-bond acceptors (Lipinski definition) is 5. The number of carboxylic acid groups (broad SMARTS) is 1. The van der Waals surface area contributed by atoms with E-state index in [0.717, 1.165) is 29.4 Å². The topological polar surface area (TPSA) is 97.8 Å². The van der Waals surface area contributed by atoms with Crippen LogP contribution in [0.4, 0.5) is 5.69 Å². The zero-order valence-electron chi connectivity index (χ0n) is 21.8. The highest BCUT2D eigenvalue weighted by molar-refractivity contribution is 6.01. The average molecular weight is 525 g/mol. The summed E-state index contributed by atoms with van der Waals surface area (Å²) >= 11 is 0. The van der Waals surface area contributed by atoms with Gasteiger partial charge in [-0.05, 0) is 78.4 Å². The van der Waals surface area contributed by atoms with Crippen molar-refractivity contribution in [2.45, 2.75) is 57.5 Å². The number of nitrogens with one attached hydrogen (secondary N) is 1. The Labute approximate surface area is 227 Å². The molecule has 0 atom stereocenters. The Morgan fingerprint density at radius 2 is 1.54 bits per heavy atom. The fourth-order valence-corrected chi connectivity index (χ4v) is 4.92. The van der Waals surface area contributed by atoms with Gasteiger partial charge in [-0.15, -0.1) is 0 Å². The number of carboxylic acids is 1. The van der Waals surface area contributed by atoms with Crippen molar-refractivity contribution < 1.29 is 24.2 Å². The lowest BCUT2D eigenvalue weighted by Crippen LogP contribution is -2.17. The Morgan fingerprint density at radius 1 is 0.846 bits per heavy atom. The molecule has 3 aromatic carbocycles. The number of nitrogens with zero attached hydrogens (tertiary/aromatic N) is 1. The molecule has 5 rings (SSSR count). The predicted molar refractivity (Wildman–Crippen MR) is 151 cm³/mol. The van der Waals surface area contributed by atoms with Crippen LogP contribution in [0.25, 0.3) is 10.8 Å². The van der Waals surface area contributed by atoms with E-state index >= 15 is 0 Å². The van der Waals surface area contributed by atoms with E-state index in [2.05, 4.69) is 22.4 Å². The number of benzene rings is 3. The number of carbonyl (C=O) groups is 2. The van der Waals surface area contributed by atoms with Crippen LogP contribution in [-0.4, -0.2) is 28.1 Å². The quantitative estimate of drug-likeness (QED) is 0.249. The number of para-hydroxylation sites is 1. The van der Waals surface area contributed by atoms with Crippen molar-refractivity contribution in [2.24, 2.45) is 0 Å². The van der Waals surface area contributed by atoms with Crippen molar-refractivity contribution in [3.8, 4) is 17.4 Å². The van der Waals surface area contributed by atoms with Gasteiger partial charge < -0.3 is 19.9 Å². The first-order chi connectivity index (χ1) is 19.0. The van der Waals surface area contributed by atoms with Gasteiger partial charge in [0.05, 0.1) is 23.8 Å². The van der Waals surface area contributed by atoms with Crippen LogP contribution in [-0.2, 0) is 11.2 Å². The zero-order valence-corrected chi connectivity index (χ0v) is 21.8. The summed E-state index contributed by atoms with van der Waals surface area (Å²) in [5.41, 5.74) is 0.989. The molecule has 0 saturated heterocycles. The van der Waals surface area contributed by atoms with Gasteiger partial charge in [0, 0.05) is 12.3 Å². The maximum Gasteiger partial charge on any atom is 0.337 e. The van der Waals surface area contributed by atoms with E-state index in [0.29, 0.717) is 23.3 Å². The minimum Gasteiger partial charge on any atom is -0.490 e. The fourth-order valence-electron chi connectivity index (χ4n) is 4.92. The summed E-state index contributed by atoms with van der Waals surface area (Å²) < 4.78 is 12.3. The van der Waals surface area contributed by atoms with Crippen molar-refractivity contribution in [3.05, 3.63) is 90.1 Å². The molecule has 1 aliphatic carbocycles. The Morgan fingerprint density at radius 3 is 2.26 bits per heavy atom. The first-order valence-electron chi connectivity index (χ1n) is 13.5. The van der Waals surface area contributed by atoms with Gasteiger partial charge in [-0.1, -0.05) is 49.6 Å². The Bertz CT molecular complexity index is 1440. The highest BCUT2D eigenvalue weighted by Crippen LogP contribution is 2.29. The molecule has 1 heterocycles. The van der Waals surface area contributed by atoms with Crippen molar-refractivity contribution >= 4 is 28.3 Å². The molecule has 1 aliphatic rings. The van der Waals surface area contributed by atoms with Gasteiger partial charge in [0.25, 0.3) is 0 Å². The van der Waals surface area contributed by atoms with Gasteiger partial charge >= 0.3 is 5.97 Å². The zero-order chi connectivity index (χ0) is 27.0. The molecule has 4 aromatic rings. The molecule has 1 amide bonds. The highest BCUT2D eigenvalue weighted by atomic mass is 16.5. The van der Waals surface area contributed by atoms with Gasteiger partial charge in [-0.25, -0.2) is 9.78 Å². The van der Waals surface area contributed by atoms with Crippen LogP contribution < -0.4 is 14.8 Å². The molecule has 0 radical (unpaired) electrons. The van der Waals surface area contributed by atoms with Crippen molar-refractivity contribution in [3.63, 3.8) is 0 Å². The average Bonchev–Trinajstić information content (AvgIpc) is 2.91. The molecular weight excluding hydrogens is 492 g/mol. The van der Waals surface area contributed by atoms with E-state index in [1.807, 2.05) is 24.3 Å². The van der Waals surface area contributed by atoms with E-state index in [1.165, 1.54) is 38.2 Å². The first kappa shape index (κ1) is 26.2. The van der Waals surface area contributed by atoms with Gasteiger partial charge in [-0.2, -0.15) is 0 Å². The Hall–Kier alpha value is -4.39. The lowest BCUT2D eigenvalue weighted by Gasteiger charge is -2.21. The lowest BCUT2D eigenvalue weighted by molar-refractivity contribution is -0.115. The van der Waals surface area contributed by atoms with E-state index in [9.17, 15) is 14.7 Å². The second kappa shape index (κ2) is 12.4. The molecule has 7 nitrogen and oxygen atoms in total. The smallest absolute Gasteiger partial charge is 0.337 e. The standard InChI is InChI=1S/C32H32N2O5/c35-30(34-29-11-7-6-10-28(29)32(36)37)18-22-12-17-31(33-21-22)39-27-16-14-23-19-26(15-13-24(23)20-27)38-25-8-4-2-1-3-5-9-25/h6-7,10-17,19-21,25H,1-5,8-9,18H2,(H,34,35)(H,36,37). The maximum absolute atomic E-state index is 12.4. The molecule has 1 fully saturated rings. The van der Waals surface area contributed by atoms with Crippen LogP contribution in [0.1, 0.15) is 60.9 Å². The first-order valence-corrected chi connectivity index (χ1v) is 13.5. The summed E-state index contributed by atoms with van der Waals surface area (Å²) in [5, 5.41) is 14.1. The summed E-state index contributed by atoms with van der Waals surface area (Å²) in [6.07, 6.45) is 10.6. The second-order valence-corrected chi connectivity index (χ2v) is 9.94. The summed E-state index contributed by atoms with van der Waals surface area (Å²) in [4.78, 5) is 28.1. The predicted octanol–water partition coefficient (Wildman–Crippen LogP) is 7.40. The number of anilines is 1. The third-order valence-corrected chi connectivity index (χ3v) is 6.95. The molecule has 0 spiro atoms. The minimum atomic E-state index is -1.10. The fraction of sp³-hybridized carbons (Fsp3) is 0.281. The summed E-state index contributed by atoms with van der Waals surface area (Å²) in [6, 6.07) is 21.8. The molecule has 1 aromatic heterocycles. The van der Waals surface area contributed by atoms with Crippen LogP contribution in [0.2, 0.25) is 0 Å². The molecule has 0 aliphatic heterocycles. The molecule has 0 unspecified atom stereocenters. The van der Waals surface area contributed by atoms with Crippen molar-refractivity contribution in [1.29, 1.82) is 0 Å². The number of rotatable bonds is 8. The molecule has 200 valence electrons. The van der Waals surface area contributed by atoms with Crippen LogP contribution >= 0.6 is 0 Å². The highest BCUT2D eigenvalue weighted by Gasteiger charge is 2.14. The number of ether oxygens (including phenoxy) is 2. The van der Waals surface area contributed by atoms with Gasteiger partial charge in [0.1, 0.15) is 11.5 Å². The summed E-state index contributed by atoms with van der Waals surface area (Å²) in [5.74, 6) is 0.571. The lowest BCUT2D eigenvalue weighted by atomic mass is 9.98. The van der Waals surface area contributed by atoms with Gasteiger partial charge in [0.2, 0.25) is 11.8 Å². The van der Waals surface area contributed by atoms with Crippen LogP contribution in [0.3, 0.4) is 0 Å². The molecule has 39 heavy (non-hydrogen) atoms. The van der Waals surface area contributed by atoms with Crippen molar-refractivity contribution in [2.75, 3.05) is 5.32 Å². The summed E-state index contributed by atoms with van der Waals surface area (Å²) in [6.45, 7) is 0.